The molecule has 0 spiro atoms. The summed E-state index contributed by atoms with van der Waals surface area (Å²) in [6.07, 6.45) is 1.42. The summed E-state index contributed by atoms with van der Waals surface area (Å²) < 4.78 is 12.8. The minimum absolute atomic E-state index is 0.282. The summed E-state index contributed by atoms with van der Waals surface area (Å²) in [6, 6.07) is 9.80. The van der Waals surface area contributed by atoms with Gasteiger partial charge < -0.3 is 9.47 Å². The third-order valence-corrected chi connectivity index (χ3v) is 3.90. The minimum atomic E-state index is -0.457. The van der Waals surface area contributed by atoms with Gasteiger partial charge in [0.1, 0.15) is 24.2 Å². The Hall–Kier alpha value is -2.89. The molecule has 6 heteroatoms. The molecule has 0 aliphatic heterocycles. The molecule has 0 fully saturated rings. The van der Waals surface area contributed by atoms with E-state index in [9.17, 15) is 4.79 Å². The maximum absolute atomic E-state index is 12.5. The lowest BCUT2D eigenvalue weighted by atomic mass is 10.1. The fourth-order valence-electron chi connectivity index (χ4n) is 2.57. The quantitative estimate of drug-likeness (QED) is 0.644. The van der Waals surface area contributed by atoms with Crippen molar-refractivity contribution in [1.82, 2.24) is 14.6 Å². The van der Waals surface area contributed by atoms with E-state index in [-0.39, 0.29) is 6.61 Å². The third kappa shape index (κ3) is 3.85. The molecule has 6 nitrogen and oxygen atoms in total. The fourth-order valence-corrected chi connectivity index (χ4v) is 2.57. The predicted octanol–water partition coefficient (Wildman–Crippen LogP) is 4.13. The number of aromatic nitrogens is 3. The number of pyridine rings is 1. The van der Waals surface area contributed by atoms with Crippen LogP contribution in [-0.2, 0) is 11.3 Å². The Bertz CT molecular complexity index is 873. The number of carbonyl (C=O) groups excluding carboxylic acids is 1. The standard InChI is InChI=1S/C18H19N3O3.C2H6/c1-4-23-18(22)15-16(24-10-14-8-6-5-7-9-14)12(2)13(3)21-17(15)19-11-20-21;1-2/h5-9,11H,4,10H2,1-3H3;1-2H3. The SMILES string of the molecule is CC.CCOC(=O)c1c(OCc2ccccc2)c(C)c(C)n2ncnc12. The molecule has 0 amide bonds. The Morgan fingerprint density at radius 1 is 1.15 bits per heavy atom. The lowest BCUT2D eigenvalue weighted by Crippen LogP contribution is -2.14. The Balaban J connectivity index is 0.00000117. The number of fused-ring (bicyclic) bond motifs is 1. The summed E-state index contributed by atoms with van der Waals surface area (Å²) in [6.45, 7) is 10.2. The molecule has 0 radical (unpaired) electrons. The van der Waals surface area contributed by atoms with Gasteiger partial charge in [0.15, 0.2) is 5.65 Å². The fraction of sp³-hybridized carbons (Fsp3) is 0.350. The number of benzene rings is 1. The van der Waals surface area contributed by atoms with Crippen LogP contribution in [0.1, 0.15) is 48.0 Å². The second kappa shape index (κ2) is 8.99. The number of esters is 1. The molecule has 0 bridgehead atoms. The van der Waals surface area contributed by atoms with Crippen molar-refractivity contribution < 1.29 is 14.3 Å². The summed E-state index contributed by atoms with van der Waals surface area (Å²) in [7, 11) is 0. The lowest BCUT2D eigenvalue weighted by molar-refractivity contribution is 0.0522. The van der Waals surface area contributed by atoms with Crippen LogP contribution in [0.4, 0.5) is 0 Å². The van der Waals surface area contributed by atoms with E-state index >= 15 is 0 Å². The van der Waals surface area contributed by atoms with E-state index in [1.54, 1.807) is 11.4 Å². The molecule has 3 aromatic rings. The number of hydrogen-bond donors (Lipinski definition) is 0. The monoisotopic (exact) mass is 355 g/mol. The lowest BCUT2D eigenvalue weighted by Gasteiger charge is -2.16. The van der Waals surface area contributed by atoms with Crippen LogP contribution < -0.4 is 4.74 Å². The van der Waals surface area contributed by atoms with Gasteiger partial charge in [-0.2, -0.15) is 5.10 Å². The average Bonchev–Trinajstić information content (AvgIpc) is 3.15. The molecule has 3 rings (SSSR count). The number of ether oxygens (including phenoxy) is 2. The highest BCUT2D eigenvalue weighted by molar-refractivity contribution is 5.99. The first kappa shape index (κ1) is 19.4. The van der Waals surface area contributed by atoms with Gasteiger partial charge in [-0.1, -0.05) is 44.2 Å². The van der Waals surface area contributed by atoms with Gasteiger partial charge in [0.05, 0.1) is 6.61 Å². The van der Waals surface area contributed by atoms with Crippen LogP contribution in [0.5, 0.6) is 5.75 Å². The normalized spacial score (nSPS) is 10.2. The maximum Gasteiger partial charge on any atom is 0.345 e. The molecule has 26 heavy (non-hydrogen) atoms. The molecule has 2 aromatic heterocycles. The highest BCUT2D eigenvalue weighted by atomic mass is 16.5. The average molecular weight is 355 g/mol. The van der Waals surface area contributed by atoms with E-state index in [2.05, 4.69) is 10.1 Å². The first-order chi connectivity index (χ1) is 12.6. The van der Waals surface area contributed by atoms with E-state index < -0.39 is 5.97 Å². The Kier molecular flexibility index (Phi) is 6.72. The molecule has 0 aliphatic carbocycles. The maximum atomic E-state index is 12.5. The van der Waals surface area contributed by atoms with E-state index in [0.29, 0.717) is 23.6 Å². The van der Waals surface area contributed by atoms with E-state index in [0.717, 1.165) is 16.8 Å². The zero-order chi connectivity index (χ0) is 19.1. The molecule has 0 saturated heterocycles. The number of hydrogen-bond acceptors (Lipinski definition) is 5. The van der Waals surface area contributed by atoms with Crippen LogP contribution in [0.2, 0.25) is 0 Å². The topological polar surface area (TPSA) is 65.7 Å². The van der Waals surface area contributed by atoms with Crippen LogP contribution in [0.25, 0.3) is 5.65 Å². The van der Waals surface area contributed by atoms with Gasteiger partial charge in [0.25, 0.3) is 0 Å². The van der Waals surface area contributed by atoms with E-state index in [1.165, 1.54) is 6.33 Å². The molecule has 0 atom stereocenters. The molecule has 138 valence electrons. The van der Waals surface area contributed by atoms with Gasteiger partial charge in [-0.15, -0.1) is 0 Å². The number of aryl methyl sites for hydroxylation is 1. The van der Waals surface area contributed by atoms with Crippen molar-refractivity contribution in [1.29, 1.82) is 0 Å². The van der Waals surface area contributed by atoms with Crippen molar-refractivity contribution in [2.24, 2.45) is 0 Å². The molecular formula is C20H25N3O3. The van der Waals surface area contributed by atoms with Crippen LogP contribution in [0.3, 0.4) is 0 Å². The zero-order valence-electron chi connectivity index (χ0n) is 15.9. The highest BCUT2D eigenvalue weighted by Crippen LogP contribution is 2.31. The van der Waals surface area contributed by atoms with E-state index in [1.807, 2.05) is 58.0 Å². The van der Waals surface area contributed by atoms with Crippen LogP contribution >= 0.6 is 0 Å². The van der Waals surface area contributed by atoms with E-state index in [4.69, 9.17) is 9.47 Å². The second-order valence-corrected chi connectivity index (χ2v) is 5.40. The first-order valence-electron chi connectivity index (χ1n) is 8.80. The van der Waals surface area contributed by atoms with Gasteiger partial charge in [-0.05, 0) is 26.3 Å². The molecule has 0 unspecified atom stereocenters. The summed E-state index contributed by atoms with van der Waals surface area (Å²) in [4.78, 5) is 16.7. The molecule has 0 N–H and O–H groups in total. The van der Waals surface area contributed by atoms with Crippen molar-refractivity contribution >= 4 is 11.6 Å². The smallest absolute Gasteiger partial charge is 0.345 e. The van der Waals surface area contributed by atoms with Gasteiger partial charge in [-0.25, -0.2) is 14.3 Å². The van der Waals surface area contributed by atoms with Gasteiger partial charge in [0, 0.05) is 11.3 Å². The van der Waals surface area contributed by atoms with Crippen molar-refractivity contribution in [2.45, 2.75) is 41.2 Å². The van der Waals surface area contributed by atoms with Crippen molar-refractivity contribution in [3.8, 4) is 5.75 Å². The first-order valence-corrected chi connectivity index (χ1v) is 8.80. The number of nitrogens with zero attached hydrogens (tertiary/aromatic N) is 3. The third-order valence-electron chi connectivity index (χ3n) is 3.90. The molecule has 0 saturated carbocycles. The molecule has 1 aromatic carbocycles. The number of rotatable bonds is 5. The number of carbonyl (C=O) groups is 1. The second-order valence-electron chi connectivity index (χ2n) is 5.40. The summed E-state index contributed by atoms with van der Waals surface area (Å²) in [5, 5.41) is 4.18. The van der Waals surface area contributed by atoms with Crippen molar-refractivity contribution in [2.75, 3.05) is 6.61 Å². The highest BCUT2D eigenvalue weighted by Gasteiger charge is 2.24. The largest absolute Gasteiger partial charge is 0.488 e. The molecule has 0 aliphatic rings. The van der Waals surface area contributed by atoms with Crippen LogP contribution in [0.15, 0.2) is 36.7 Å². The molecule has 2 heterocycles. The predicted molar refractivity (Wildman–Crippen MR) is 101 cm³/mol. The summed E-state index contributed by atoms with van der Waals surface area (Å²) in [5.41, 5.74) is 3.49. The Morgan fingerprint density at radius 3 is 2.50 bits per heavy atom. The van der Waals surface area contributed by atoms with Crippen LogP contribution in [-0.4, -0.2) is 27.2 Å². The zero-order valence-corrected chi connectivity index (χ0v) is 15.9. The molecular weight excluding hydrogens is 330 g/mol. The van der Waals surface area contributed by atoms with Crippen molar-refractivity contribution in [3.63, 3.8) is 0 Å². The van der Waals surface area contributed by atoms with Crippen LogP contribution in [0, 0.1) is 13.8 Å². The van der Waals surface area contributed by atoms with Crippen molar-refractivity contribution in [3.05, 3.63) is 59.0 Å². The van der Waals surface area contributed by atoms with Gasteiger partial charge in [-0.3, -0.25) is 0 Å². The summed E-state index contributed by atoms with van der Waals surface area (Å²) in [5.74, 6) is 0.0389. The Morgan fingerprint density at radius 2 is 1.85 bits per heavy atom. The summed E-state index contributed by atoms with van der Waals surface area (Å²) >= 11 is 0. The van der Waals surface area contributed by atoms with Gasteiger partial charge in [0.2, 0.25) is 0 Å². The van der Waals surface area contributed by atoms with Gasteiger partial charge >= 0.3 is 5.97 Å². The Labute approximate surface area is 153 Å². The minimum Gasteiger partial charge on any atom is -0.488 e.